The molecule has 0 aliphatic rings. The highest BCUT2D eigenvalue weighted by molar-refractivity contribution is 7.88. The Hall–Kier alpha value is -1.44. The summed E-state index contributed by atoms with van der Waals surface area (Å²) < 4.78 is 30.5. The van der Waals surface area contributed by atoms with E-state index in [1.54, 1.807) is 32.0 Å². The number of carbonyl (C=O) groups excluding carboxylic acids is 1. The first-order valence-corrected chi connectivity index (χ1v) is 8.00. The van der Waals surface area contributed by atoms with Gasteiger partial charge in [0.25, 0.3) is 0 Å². The van der Waals surface area contributed by atoms with Crippen molar-refractivity contribution < 1.29 is 23.1 Å². The molecule has 0 heterocycles. The van der Waals surface area contributed by atoms with Gasteiger partial charge in [0.05, 0.1) is 30.6 Å². The first-order chi connectivity index (χ1) is 9.64. The molecule has 21 heavy (non-hydrogen) atoms. The average Bonchev–Trinajstić information content (AvgIpc) is 2.45. The predicted octanol–water partition coefficient (Wildman–Crippen LogP) is 1.01. The number of methoxy groups -OCH3 is 1. The summed E-state index contributed by atoms with van der Waals surface area (Å²) in [6.07, 6.45) is 0. The lowest BCUT2D eigenvalue weighted by Gasteiger charge is -2.32. The molecule has 118 valence electrons. The topological polar surface area (TPSA) is 83.9 Å². The second-order valence-corrected chi connectivity index (χ2v) is 7.39. The molecule has 0 atom stereocenters. The van der Waals surface area contributed by atoms with E-state index in [9.17, 15) is 18.3 Å². The van der Waals surface area contributed by atoms with E-state index in [2.05, 4.69) is 4.74 Å². The summed E-state index contributed by atoms with van der Waals surface area (Å²) >= 11 is 0. The van der Waals surface area contributed by atoms with Gasteiger partial charge in [-0.15, -0.1) is 0 Å². The van der Waals surface area contributed by atoms with Gasteiger partial charge in [-0.3, -0.25) is 0 Å². The summed E-state index contributed by atoms with van der Waals surface area (Å²) in [5.41, 5.74) is -0.105. The molecule has 0 bridgehead atoms. The molecule has 0 spiro atoms. The fourth-order valence-electron chi connectivity index (χ4n) is 1.69. The SMILES string of the molecule is COC(=O)c1cccc(CS(=O)(=O)N(C)C(C)(C)CO)c1. The number of nitrogens with zero attached hydrogens (tertiary/aromatic N) is 1. The molecule has 0 saturated heterocycles. The van der Waals surface area contributed by atoms with Crippen LogP contribution in [-0.4, -0.2) is 50.1 Å². The van der Waals surface area contributed by atoms with Gasteiger partial charge < -0.3 is 9.84 Å². The molecule has 0 aromatic heterocycles. The van der Waals surface area contributed by atoms with E-state index >= 15 is 0 Å². The Morgan fingerprint density at radius 2 is 2.00 bits per heavy atom. The molecule has 0 radical (unpaired) electrons. The van der Waals surface area contributed by atoms with Crippen molar-refractivity contribution in [2.75, 3.05) is 20.8 Å². The van der Waals surface area contributed by atoms with Crippen LogP contribution >= 0.6 is 0 Å². The van der Waals surface area contributed by atoms with Crippen molar-refractivity contribution in [2.45, 2.75) is 25.1 Å². The highest BCUT2D eigenvalue weighted by atomic mass is 32.2. The number of benzene rings is 1. The molecule has 1 aromatic rings. The third-order valence-electron chi connectivity index (χ3n) is 3.35. The third kappa shape index (κ3) is 4.26. The highest BCUT2D eigenvalue weighted by Gasteiger charge is 2.32. The minimum atomic E-state index is -3.61. The highest BCUT2D eigenvalue weighted by Crippen LogP contribution is 2.20. The fourth-order valence-corrected chi connectivity index (χ4v) is 3.29. The Kier molecular flexibility index (Phi) is 5.49. The second kappa shape index (κ2) is 6.55. The predicted molar refractivity (Wildman–Crippen MR) is 79.3 cm³/mol. The number of hydrogen-bond donors (Lipinski definition) is 1. The quantitative estimate of drug-likeness (QED) is 0.792. The zero-order valence-corrected chi connectivity index (χ0v) is 13.5. The smallest absolute Gasteiger partial charge is 0.337 e. The fraction of sp³-hybridized carbons (Fsp3) is 0.500. The summed E-state index contributed by atoms with van der Waals surface area (Å²) in [4.78, 5) is 11.5. The molecule has 0 fully saturated rings. The number of rotatable bonds is 6. The minimum absolute atomic E-state index is 0.252. The molecular weight excluding hydrogens is 294 g/mol. The Morgan fingerprint density at radius 1 is 1.38 bits per heavy atom. The zero-order chi connectivity index (χ0) is 16.3. The number of carbonyl (C=O) groups is 1. The lowest BCUT2D eigenvalue weighted by molar-refractivity contribution is 0.0600. The summed E-state index contributed by atoms with van der Waals surface area (Å²) in [6.45, 7) is 2.98. The van der Waals surface area contributed by atoms with Crippen LogP contribution in [0.2, 0.25) is 0 Å². The van der Waals surface area contributed by atoms with Crippen molar-refractivity contribution in [2.24, 2.45) is 0 Å². The lowest BCUT2D eigenvalue weighted by Crippen LogP contribution is -2.47. The van der Waals surface area contributed by atoms with Crippen LogP contribution in [0.4, 0.5) is 0 Å². The number of sulfonamides is 1. The molecule has 6 nitrogen and oxygen atoms in total. The molecule has 0 amide bonds. The van der Waals surface area contributed by atoms with Crippen LogP contribution in [0.15, 0.2) is 24.3 Å². The normalized spacial score (nSPS) is 12.5. The molecular formula is C14H21NO5S. The minimum Gasteiger partial charge on any atom is -0.465 e. The summed E-state index contributed by atoms with van der Waals surface area (Å²) in [6, 6.07) is 6.28. The lowest BCUT2D eigenvalue weighted by atomic mass is 10.1. The van der Waals surface area contributed by atoms with E-state index in [1.165, 1.54) is 20.2 Å². The van der Waals surface area contributed by atoms with Crippen LogP contribution < -0.4 is 0 Å². The average molecular weight is 315 g/mol. The molecule has 1 rings (SSSR count). The van der Waals surface area contributed by atoms with Crippen molar-refractivity contribution in [3.8, 4) is 0 Å². The maximum Gasteiger partial charge on any atom is 0.337 e. The maximum atomic E-state index is 12.4. The number of esters is 1. The molecule has 0 unspecified atom stereocenters. The van der Waals surface area contributed by atoms with Crippen molar-refractivity contribution >= 4 is 16.0 Å². The monoisotopic (exact) mass is 315 g/mol. The van der Waals surface area contributed by atoms with Crippen LogP contribution in [-0.2, 0) is 20.5 Å². The van der Waals surface area contributed by atoms with E-state index in [1.807, 2.05) is 0 Å². The summed E-state index contributed by atoms with van der Waals surface area (Å²) in [5, 5.41) is 9.28. The van der Waals surface area contributed by atoms with Crippen LogP contribution in [0, 0.1) is 0 Å². The molecule has 0 aliphatic carbocycles. The van der Waals surface area contributed by atoms with Gasteiger partial charge in [-0.25, -0.2) is 13.2 Å². The van der Waals surface area contributed by atoms with E-state index < -0.39 is 21.5 Å². The number of aliphatic hydroxyl groups excluding tert-OH is 1. The Labute approximate surface area is 125 Å². The van der Waals surface area contributed by atoms with Crippen LogP contribution in [0.3, 0.4) is 0 Å². The van der Waals surface area contributed by atoms with Crippen molar-refractivity contribution in [3.05, 3.63) is 35.4 Å². The van der Waals surface area contributed by atoms with Gasteiger partial charge in [-0.05, 0) is 31.5 Å². The van der Waals surface area contributed by atoms with Gasteiger partial charge >= 0.3 is 5.97 Å². The molecule has 1 N–H and O–H groups in total. The van der Waals surface area contributed by atoms with Crippen LogP contribution in [0.1, 0.15) is 29.8 Å². The summed E-state index contributed by atoms with van der Waals surface area (Å²) in [7, 11) is -0.918. The number of likely N-dealkylation sites (N-methyl/N-ethyl adjacent to an activating group) is 1. The molecule has 0 aliphatic heterocycles. The van der Waals surface area contributed by atoms with E-state index in [4.69, 9.17) is 0 Å². The largest absolute Gasteiger partial charge is 0.465 e. The van der Waals surface area contributed by atoms with E-state index in [-0.39, 0.29) is 12.4 Å². The maximum absolute atomic E-state index is 12.4. The van der Waals surface area contributed by atoms with Gasteiger partial charge in [-0.1, -0.05) is 12.1 Å². The van der Waals surface area contributed by atoms with E-state index in [0.29, 0.717) is 11.1 Å². The Balaban J connectivity index is 3.02. The third-order valence-corrected chi connectivity index (χ3v) is 5.38. The van der Waals surface area contributed by atoms with Gasteiger partial charge in [0.15, 0.2) is 0 Å². The Morgan fingerprint density at radius 3 is 2.52 bits per heavy atom. The van der Waals surface area contributed by atoms with Gasteiger partial charge in [0.2, 0.25) is 10.0 Å². The summed E-state index contributed by atoms with van der Waals surface area (Å²) in [5.74, 6) is -0.768. The molecule has 0 saturated carbocycles. The van der Waals surface area contributed by atoms with Crippen molar-refractivity contribution in [3.63, 3.8) is 0 Å². The molecule has 7 heteroatoms. The van der Waals surface area contributed by atoms with Gasteiger partial charge in [0, 0.05) is 7.05 Å². The first-order valence-electron chi connectivity index (χ1n) is 6.39. The van der Waals surface area contributed by atoms with Gasteiger partial charge in [-0.2, -0.15) is 4.31 Å². The number of hydrogen-bond acceptors (Lipinski definition) is 5. The Bertz CT molecular complexity index is 610. The number of ether oxygens (including phenoxy) is 1. The van der Waals surface area contributed by atoms with Crippen molar-refractivity contribution in [1.29, 1.82) is 0 Å². The van der Waals surface area contributed by atoms with Crippen LogP contribution in [0.25, 0.3) is 0 Å². The zero-order valence-electron chi connectivity index (χ0n) is 12.7. The number of aliphatic hydroxyl groups is 1. The first kappa shape index (κ1) is 17.6. The standard InChI is InChI=1S/C14H21NO5S/c1-14(2,10-16)15(3)21(18,19)9-11-6-5-7-12(8-11)13(17)20-4/h5-8,16H,9-10H2,1-4H3. The van der Waals surface area contributed by atoms with E-state index in [0.717, 1.165) is 4.31 Å². The van der Waals surface area contributed by atoms with Crippen LogP contribution in [0.5, 0.6) is 0 Å². The van der Waals surface area contributed by atoms with Crippen molar-refractivity contribution in [1.82, 2.24) is 4.31 Å². The van der Waals surface area contributed by atoms with Gasteiger partial charge in [0.1, 0.15) is 0 Å². The second-order valence-electron chi connectivity index (χ2n) is 5.39. The molecule has 1 aromatic carbocycles.